The molecule has 0 bridgehead atoms. The zero-order valence-corrected chi connectivity index (χ0v) is 9.29. The second kappa shape index (κ2) is 5.47. The second-order valence-corrected chi connectivity index (χ2v) is 3.83. The van der Waals surface area contributed by atoms with Crippen molar-refractivity contribution < 1.29 is 14.3 Å². The molecule has 1 rings (SSSR count). The molecular formula is C11H20O3. The Morgan fingerprint density at radius 1 is 1.36 bits per heavy atom. The monoisotopic (exact) mass is 200 g/mol. The Kier molecular flexibility index (Phi) is 4.55. The highest BCUT2D eigenvalue weighted by Gasteiger charge is 2.39. The predicted molar refractivity (Wildman–Crippen MR) is 53.9 cm³/mol. The van der Waals surface area contributed by atoms with E-state index in [1.807, 2.05) is 13.8 Å². The van der Waals surface area contributed by atoms with Gasteiger partial charge in [-0.25, -0.2) is 0 Å². The molecule has 2 unspecified atom stereocenters. The fourth-order valence-corrected chi connectivity index (χ4v) is 1.62. The van der Waals surface area contributed by atoms with Gasteiger partial charge in [-0.1, -0.05) is 6.92 Å². The molecule has 82 valence electrons. The molecule has 0 aliphatic heterocycles. The van der Waals surface area contributed by atoms with E-state index in [1.54, 1.807) is 0 Å². The van der Waals surface area contributed by atoms with Crippen molar-refractivity contribution in [1.82, 2.24) is 0 Å². The molecular weight excluding hydrogens is 180 g/mol. The molecule has 0 aromatic rings. The summed E-state index contributed by atoms with van der Waals surface area (Å²) in [5, 5.41) is 0. The van der Waals surface area contributed by atoms with Gasteiger partial charge in [0.05, 0.1) is 6.42 Å². The van der Waals surface area contributed by atoms with Crippen LogP contribution in [0.15, 0.2) is 0 Å². The van der Waals surface area contributed by atoms with Crippen LogP contribution in [0.2, 0.25) is 0 Å². The van der Waals surface area contributed by atoms with Gasteiger partial charge in [0.15, 0.2) is 6.29 Å². The number of carbonyl (C=O) groups excluding carboxylic acids is 1. The van der Waals surface area contributed by atoms with E-state index in [0.29, 0.717) is 31.3 Å². The highest BCUT2D eigenvalue weighted by atomic mass is 16.7. The lowest BCUT2D eigenvalue weighted by molar-refractivity contribution is -0.152. The molecule has 1 aliphatic carbocycles. The predicted octanol–water partition coefficient (Wildman–Crippen LogP) is 2.00. The number of ketones is 1. The second-order valence-electron chi connectivity index (χ2n) is 3.83. The van der Waals surface area contributed by atoms with E-state index >= 15 is 0 Å². The summed E-state index contributed by atoms with van der Waals surface area (Å²) in [6, 6.07) is 0. The van der Waals surface area contributed by atoms with Crippen molar-refractivity contribution in [3.05, 3.63) is 0 Å². The first-order valence-corrected chi connectivity index (χ1v) is 5.44. The molecule has 0 spiro atoms. The van der Waals surface area contributed by atoms with Crippen molar-refractivity contribution in [2.45, 2.75) is 39.9 Å². The van der Waals surface area contributed by atoms with Crippen molar-refractivity contribution in [2.75, 3.05) is 13.2 Å². The van der Waals surface area contributed by atoms with E-state index in [1.165, 1.54) is 0 Å². The van der Waals surface area contributed by atoms with Gasteiger partial charge in [0, 0.05) is 19.1 Å². The summed E-state index contributed by atoms with van der Waals surface area (Å²) < 4.78 is 10.6. The number of ether oxygens (including phenoxy) is 2. The smallest absolute Gasteiger partial charge is 0.164 e. The summed E-state index contributed by atoms with van der Waals surface area (Å²) in [6.45, 7) is 7.13. The molecule has 0 saturated heterocycles. The number of Topliss-reactive ketones (excluding diaryl/α,β-unsaturated/α-hetero) is 1. The van der Waals surface area contributed by atoms with Crippen molar-refractivity contribution >= 4 is 5.78 Å². The number of rotatable bonds is 7. The highest BCUT2D eigenvalue weighted by Crippen LogP contribution is 2.39. The Labute approximate surface area is 85.8 Å². The first kappa shape index (κ1) is 11.7. The van der Waals surface area contributed by atoms with Crippen molar-refractivity contribution in [2.24, 2.45) is 11.8 Å². The first-order chi connectivity index (χ1) is 6.69. The maximum Gasteiger partial charge on any atom is 0.164 e. The number of hydrogen-bond acceptors (Lipinski definition) is 3. The summed E-state index contributed by atoms with van der Waals surface area (Å²) in [6.07, 6.45) is 1.13. The van der Waals surface area contributed by atoms with Gasteiger partial charge in [0.25, 0.3) is 0 Å². The summed E-state index contributed by atoms with van der Waals surface area (Å²) >= 11 is 0. The van der Waals surface area contributed by atoms with Crippen molar-refractivity contribution in [1.29, 1.82) is 0 Å². The standard InChI is InChI=1S/C11H20O3/c1-4-13-11(14-5-2)7-10(12)9-6-8(9)3/h8-9,11H,4-7H2,1-3H3. The molecule has 1 saturated carbocycles. The molecule has 0 amide bonds. The van der Waals surface area contributed by atoms with Gasteiger partial charge in [-0.15, -0.1) is 0 Å². The number of carbonyl (C=O) groups is 1. The maximum atomic E-state index is 11.6. The third kappa shape index (κ3) is 3.39. The zero-order valence-electron chi connectivity index (χ0n) is 9.29. The molecule has 0 aromatic heterocycles. The Morgan fingerprint density at radius 2 is 1.86 bits per heavy atom. The van der Waals surface area contributed by atoms with Crippen molar-refractivity contribution in [3.63, 3.8) is 0 Å². The minimum Gasteiger partial charge on any atom is -0.352 e. The van der Waals surface area contributed by atoms with Crippen molar-refractivity contribution in [3.8, 4) is 0 Å². The number of hydrogen-bond donors (Lipinski definition) is 0. The lowest BCUT2D eigenvalue weighted by atomic mass is 10.1. The van der Waals surface area contributed by atoms with Gasteiger partial charge >= 0.3 is 0 Å². The molecule has 1 aliphatic rings. The van der Waals surface area contributed by atoms with Crippen LogP contribution in [-0.2, 0) is 14.3 Å². The molecule has 3 heteroatoms. The first-order valence-electron chi connectivity index (χ1n) is 5.44. The summed E-state index contributed by atoms with van der Waals surface area (Å²) in [4.78, 5) is 11.6. The minimum absolute atomic E-state index is 0.276. The lowest BCUT2D eigenvalue weighted by Crippen LogP contribution is -2.22. The average molecular weight is 200 g/mol. The van der Waals surface area contributed by atoms with Gasteiger partial charge in [0.2, 0.25) is 0 Å². The minimum atomic E-state index is -0.328. The normalized spacial score (nSPS) is 25.4. The van der Waals surface area contributed by atoms with E-state index in [2.05, 4.69) is 6.92 Å². The molecule has 0 aromatic carbocycles. The van der Waals surface area contributed by atoms with Crippen LogP contribution in [-0.4, -0.2) is 25.3 Å². The third-order valence-corrected chi connectivity index (χ3v) is 2.60. The van der Waals surface area contributed by atoms with E-state index in [-0.39, 0.29) is 12.2 Å². The van der Waals surface area contributed by atoms with Crippen LogP contribution < -0.4 is 0 Å². The maximum absolute atomic E-state index is 11.6. The van der Waals surface area contributed by atoms with Crippen LogP contribution in [0.4, 0.5) is 0 Å². The SMILES string of the molecule is CCOC(CC(=O)C1CC1C)OCC. The highest BCUT2D eigenvalue weighted by molar-refractivity contribution is 5.83. The van der Waals surface area contributed by atoms with Gasteiger partial charge < -0.3 is 9.47 Å². The summed E-state index contributed by atoms with van der Waals surface area (Å²) in [5.74, 6) is 1.15. The van der Waals surface area contributed by atoms with Crippen LogP contribution in [0, 0.1) is 11.8 Å². The Hall–Kier alpha value is -0.410. The summed E-state index contributed by atoms with van der Waals surface area (Å²) in [5.41, 5.74) is 0. The Morgan fingerprint density at radius 3 is 2.21 bits per heavy atom. The lowest BCUT2D eigenvalue weighted by Gasteiger charge is -2.15. The molecule has 0 heterocycles. The van der Waals surface area contributed by atoms with Crippen LogP contribution in [0.3, 0.4) is 0 Å². The van der Waals surface area contributed by atoms with Gasteiger partial charge in [-0.2, -0.15) is 0 Å². The van der Waals surface area contributed by atoms with Crippen LogP contribution >= 0.6 is 0 Å². The fraction of sp³-hybridized carbons (Fsp3) is 0.909. The average Bonchev–Trinajstić information content (AvgIpc) is 2.83. The molecule has 0 radical (unpaired) electrons. The Balaban J connectivity index is 2.27. The van der Waals surface area contributed by atoms with E-state index in [9.17, 15) is 4.79 Å². The van der Waals surface area contributed by atoms with E-state index < -0.39 is 0 Å². The molecule has 1 fully saturated rings. The largest absolute Gasteiger partial charge is 0.352 e. The Bertz CT molecular complexity index is 185. The van der Waals surface area contributed by atoms with E-state index in [4.69, 9.17) is 9.47 Å². The van der Waals surface area contributed by atoms with Gasteiger partial charge in [-0.3, -0.25) is 4.79 Å². The van der Waals surface area contributed by atoms with Gasteiger partial charge in [-0.05, 0) is 26.2 Å². The van der Waals surface area contributed by atoms with Crippen LogP contribution in [0.25, 0.3) is 0 Å². The van der Waals surface area contributed by atoms with Crippen LogP contribution in [0.1, 0.15) is 33.6 Å². The molecule has 14 heavy (non-hydrogen) atoms. The third-order valence-electron chi connectivity index (χ3n) is 2.60. The molecule has 3 nitrogen and oxygen atoms in total. The topological polar surface area (TPSA) is 35.5 Å². The molecule has 0 N–H and O–H groups in total. The molecule has 2 atom stereocenters. The zero-order chi connectivity index (χ0) is 10.6. The van der Waals surface area contributed by atoms with Crippen LogP contribution in [0.5, 0.6) is 0 Å². The quantitative estimate of drug-likeness (QED) is 0.590. The fourth-order valence-electron chi connectivity index (χ4n) is 1.62. The summed E-state index contributed by atoms with van der Waals surface area (Å²) in [7, 11) is 0. The van der Waals surface area contributed by atoms with Gasteiger partial charge in [0.1, 0.15) is 5.78 Å². The van der Waals surface area contributed by atoms with E-state index in [0.717, 1.165) is 6.42 Å².